The third-order valence-electron chi connectivity index (χ3n) is 6.77. The molecule has 166 valence electrons. The van der Waals surface area contributed by atoms with E-state index < -0.39 is 11.4 Å². The Morgan fingerprint density at radius 1 is 1.23 bits per heavy atom. The molecule has 7 heteroatoms. The molecule has 7 nitrogen and oxygen atoms in total. The van der Waals surface area contributed by atoms with Crippen molar-refractivity contribution >= 4 is 11.7 Å². The molecule has 0 aliphatic carbocycles. The van der Waals surface area contributed by atoms with Gasteiger partial charge in [-0.1, -0.05) is 35.0 Å². The Kier molecular flexibility index (Phi) is 6.14. The van der Waals surface area contributed by atoms with Gasteiger partial charge in [0.1, 0.15) is 6.10 Å². The van der Waals surface area contributed by atoms with Crippen LogP contribution in [-0.2, 0) is 22.7 Å². The van der Waals surface area contributed by atoms with Gasteiger partial charge in [-0.15, -0.1) is 0 Å². The number of likely N-dealkylation sites (tertiary alicyclic amines) is 1. The molecule has 1 atom stereocenters. The Morgan fingerprint density at radius 2 is 1.94 bits per heavy atom. The molecule has 0 amide bonds. The lowest BCUT2D eigenvalue weighted by molar-refractivity contribution is -0.155. The third-order valence-corrected chi connectivity index (χ3v) is 6.77. The van der Waals surface area contributed by atoms with Crippen molar-refractivity contribution in [3.05, 3.63) is 52.8 Å². The second-order valence-corrected chi connectivity index (χ2v) is 9.00. The van der Waals surface area contributed by atoms with E-state index in [9.17, 15) is 9.90 Å². The summed E-state index contributed by atoms with van der Waals surface area (Å²) >= 11 is 0. The van der Waals surface area contributed by atoms with E-state index in [-0.39, 0.29) is 6.10 Å². The molecule has 3 heterocycles. The van der Waals surface area contributed by atoms with Crippen molar-refractivity contribution in [2.24, 2.45) is 10.6 Å². The number of hydrogen-bond donors (Lipinski definition) is 1. The van der Waals surface area contributed by atoms with E-state index >= 15 is 0 Å². The van der Waals surface area contributed by atoms with Crippen LogP contribution in [0.25, 0.3) is 0 Å². The average molecular weight is 425 g/mol. The monoisotopic (exact) mass is 424 g/mol. The first-order chi connectivity index (χ1) is 14.9. The minimum atomic E-state index is -0.748. The summed E-state index contributed by atoms with van der Waals surface area (Å²) in [7, 11) is 0. The quantitative estimate of drug-likeness (QED) is 0.732. The number of aromatic nitrogens is 2. The van der Waals surface area contributed by atoms with E-state index in [1.165, 1.54) is 11.1 Å². The van der Waals surface area contributed by atoms with Crippen LogP contribution in [-0.4, -0.2) is 50.7 Å². The highest BCUT2D eigenvalue weighted by molar-refractivity contribution is 6.01. The van der Waals surface area contributed by atoms with Crippen molar-refractivity contribution in [2.75, 3.05) is 13.1 Å². The van der Waals surface area contributed by atoms with Crippen molar-refractivity contribution in [1.82, 2.24) is 14.7 Å². The fraction of sp³-hybridized carbons (Fsp3) is 0.542. The first-order valence-corrected chi connectivity index (χ1v) is 11.2. The van der Waals surface area contributed by atoms with Crippen LogP contribution in [0, 0.1) is 19.3 Å². The van der Waals surface area contributed by atoms with Gasteiger partial charge in [0.25, 0.3) is 0 Å². The summed E-state index contributed by atoms with van der Waals surface area (Å²) < 4.78 is 1.96. The highest BCUT2D eigenvalue weighted by Gasteiger charge is 2.45. The van der Waals surface area contributed by atoms with Gasteiger partial charge in [-0.3, -0.25) is 14.4 Å². The number of carboxylic acid groups (broad SMARTS) is 1. The van der Waals surface area contributed by atoms with Gasteiger partial charge in [-0.25, -0.2) is 0 Å². The Hall–Kier alpha value is -2.67. The topological polar surface area (TPSA) is 80.0 Å². The molecule has 2 aliphatic heterocycles. The third kappa shape index (κ3) is 4.66. The lowest BCUT2D eigenvalue weighted by Crippen LogP contribution is -2.45. The zero-order valence-electron chi connectivity index (χ0n) is 18.7. The first-order valence-electron chi connectivity index (χ1n) is 11.2. The summed E-state index contributed by atoms with van der Waals surface area (Å²) in [6.45, 7) is 9.38. The van der Waals surface area contributed by atoms with E-state index in [2.05, 4.69) is 47.3 Å². The van der Waals surface area contributed by atoms with Crippen LogP contribution in [0.2, 0.25) is 0 Å². The van der Waals surface area contributed by atoms with E-state index in [1.807, 2.05) is 23.7 Å². The highest BCUT2D eigenvalue weighted by atomic mass is 16.6. The number of benzene rings is 1. The Bertz CT molecular complexity index is 956. The number of rotatable bonds is 7. The van der Waals surface area contributed by atoms with E-state index in [4.69, 9.17) is 4.84 Å². The number of aryl methyl sites for hydroxylation is 3. The van der Waals surface area contributed by atoms with Gasteiger partial charge >= 0.3 is 5.97 Å². The van der Waals surface area contributed by atoms with Crippen LogP contribution in [0.5, 0.6) is 0 Å². The second-order valence-electron chi connectivity index (χ2n) is 9.00. The van der Waals surface area contributed by atoms with Crippen molar-refractivity contribution in [2.45, 2.75) is 65.6 Å². The van der Waals surface area contributed by atoms with Gasteiger partial charge in [-0.05, 0) is 52.3 Å². The van der Waals surface area contributed by atoms with Crippen LogP contribution in [0.4, 0.5) is 0 Å². The Morgan fingerprint density at radius 3 is 2.55 bits per heavy atom. The molecule has 2 aromatic rings. The molecule has 1 aromatic heterocycles. The number of carbonyl (C=O) groups is 1. The summed E-state index contributed by atoms with van der Waals surface area (Å²) in [4.78, 5) is 20.3. The fourth-order valence-electron chi connectivity index (χ4n) is 4.65. The maximum atomic E-state index is 12.3. The average Bonchev–Trinajstić information content (AvgIpc) is 3.36. The molecular weight excluding hydrogens is 392 g/mol. The molecule has 1 fully saturated rings. The standard InChI is InChI=1S/C24H32N4O3/c1-4-28-16-20(18(3)25-28)15-27-11-9-24(10-12-27,23(29)30)14-21-13-22(26-31-21)19-7-5-17(2)6-8-19/h5-8,16,21H,4,9-15H2,1-3H3,(H,29,30). The van der Waals surface area contributed by atoms with Crippen molar-refractivity contribution in [3.63, 3.8) is 0 Å². The highest BCUT2D eigenvalue weighted by Crippen LogP contribution is 2.39. The Balaban J connectivity index is 1.35. The molecule has 4 rings (SSSR count). The summed E-state index contributed by atoms with van der Waals surface area (Å²) in [5, 5.41) is 18.9. The van der Waals surface area contributed by atoms with Gasteiger partial charge in [0.05, 0.1) is 16.8 Å². The summed E-state index contributed by atoms with van der Waals surface area (Å²) in [6, 6.07) is 8.22. The van der Waals surface area contributed by atoms with E-state index in [1.54, 1.807) is 0 Å². The number of hydrogen-bond acceptors (Lipinski definition) is 5. The molecule has 31 heavy (non-hydrogen) atoms. The van der Waals surface area contributed by atoms with Crippen molar-refractivity contribution in [3.8, 4) is 0 Å². The smallest absolute Gasteiger partial charge is 0.309 e. The normalized spacial score (nSPS) is 21.0. The molecule has 0 bridgehead atoms. The molecule has 1 unspecified atom stereocenters. The molecule has 1 N–H and O–H groups in total. The predicted octanol–water partition coefficient (Wildman–Crippen LogP) is 3.77. The molecule has 0 saturated carbocycles. The van der Waals surface area contributed by atoms with Gasteiger partial charge < -0.3 is 9.94 Å². The van der Waals surface area contributed by atoms with Crippen LogP contribution in [0.15, 0.2) is 35.6 Å². The lowest BCUT2D eigenvalue weighted by Gasteiger charge is -2.39. The molecule has 0 radical (unpaired) electrons. The number of nitrogens with zero attached hydrogens (tertiary/aromatic N) is 4. The summed E-state index contributed by atoms with van der Waals surface area (Å²) in [6.07, 6.45) is 4.35. The molecule has 1 aromatic carbocycles. The van der Waals surface area contributed by atoms with Gasteiger partial charge in [-0.2, -0.15) is 5.10 Å². The Labute approximate surface area is 183 Å². The van der Waals surface area contributed by atoms with Crippen LogP contribution in [0.3, 0.4) is 0 Å². The van der Waals surface area contributed by atoms with Gasteiger partial charge in [0.15, 0.2) is 0 Å². The molecule has 2 aliphatic rings. The lowest BCUT2D eigenvalue weighted by atomic mass is 9.73. The molecule has 0 spiro atoms. The van der Waals surface area contributed by atoms with Crippen LogP contribution < -0.4 is 0 Å². The van der Waals surface area contributed by atoms with Crippen molar-refractivity contribution < 1.29 is 14.7 Å². The van der Waals surface area contributed by atoms with Crippen LogP contribution in [0.1, 0.15) is 55.0 Å². The van der Waals surface area contributed by atoms with Crippen molar-refractivity contribution in [1.29, 1.82) is 0 Å². The largest absolute Gasteiger partial charge is 0.481 e. The fourth-order valence-corrected chi connectivity index (χ4v) is 4.65. The molecular formula is C24H32N4O3. The number of carboxylic acids is 1. The summed E-state index contributed by atoms with van der Waals surface area (Å²) in [5.41, 5.74) is 4.69. The summed E-state index contributed by atoms with van der Waals surface area (Å²) in [5.74, 6) is -0.713. The zero-order chi connectivity index (χ0) is 22.0. The maximum Gasteiger partial charge on any atom is 0.309 e. The molecule has 1 saturated heterocycles. The number of oxime groups is 1. The maximum absolute atomic E-state index is 12.3. The van der Waals surface area contributed by atoms with Crippen LogP contribution >= 0.6 is 0 Å². The predicted molar refractivity (Wildman–Crippen MR) is 119 cm³/mol. The number of piperidine rings is 1. The first kappa shape index (κ1) is 21.6. The minimum absolute atomic E-state index is 0.177. The van der Waals surface area contributed by atoms with Gasteiger partial charge in [0, 0.05) is 37.7 Å². The zero-order valence-corrected chi connectivity index (χ0v) is 18.7. The second kappa shape index (κ2) is 8.83. The van der Waals surface area contributed by atoms with E-state index in [0.29, 0.717) is 25.7 Å². The van der Waals surface area contributed by atoms with E-state index in [0.717, 1.165) is 43.1 Å². The van der Waals surface area contributed by atoms with Gasteiger partial charge in [0.2, 0.25) is 0 Å². The minimum Gasteiger partial charge on any atom is -0.481 e. The SMILES string of the molecule is CCn1cc(CN2CCC(CC3CC(c4ccc(C)cc4)=NO3)(C(=O)O)CC2)c(C)n1. The number of aliphatic carboxylic acids is 1.